The molecule has 6 heteroatoms. The first kappa shape index (κ1) is 15.6. The van der Waals surface area contributed by atoms with Crippen molar-refractivity contribution in [1.82, 2.24) is 20.0 Å². The van der Waals surface area contributed by atoms with Crippen LogP contribution in [-0.2, 0) is 6.54 Å². The molecule has 1 atom stereocenters. The maximum atomic E-state index is 12.9. The zero-order valence-electron chi connectivity index (χ0n) is 13.5. The Morgan fingerprint density at radius 2 is 2.26 bits per heavy atom. The second-order valence-corrected chi connectivity index (χ2v) is 5.55. The third kappa shape index (κ3) is 3.07. The van der Waals surface area contributed by atoms with Gasteiger partial charge in [0.05, 0.1) is 24.9 Å². The molecule has 0 aliphatic carbocycles. The first-order valence-corrected chi connectivity index (χ1v) is 7.91. The van der Waals surface area contributed by atoms with Gasteiger partial charge in [-0.2, -0.15) is 5.10 Å². The van der Waals surface area contributed by atoms with Gasteiger partial charge in [-0.05, 0) is 13.0 Å². The molecular weight excluding hydrogens is 292 g/mol. The number of methoxy groups -OCH3 is 1. The standard InChI is InChI=1S/C17H22N4O2/c1-3-20-12-13(10-19-20)17(22)21-9-8-18-11-15(21)14-6-4-5-7-16(14)23-2/h4-7,10,12,15,18H,3,8-9,11H2,1-2H3. The summed E-state index contributed by atoms with van der Waals surface area (Å²) in [4.78, 5) is 14.8. The number of carbonyl (C=O) groups is 1. The summed E-state index contributed by atoms with van der Waals surface area (Å²) in [6, 6.07) is 7.83. The van der Waals surface area contributed by atoms with E-state index in [1.165, 1.54) is 0 Å². The van der Waals surface area contributed by atoms with E-state index in [1.807, 2.05) is 42.3 Å². The highest BCUT2D eigenvalue weighted by Crippen LogP contribution is 2.31. The van der Waals surface area contributed by atoms with Gasteiger partial charge < -0.3 is 15.0 Å². The summed E-state index contributed by atoms with van der Waals surface area (Å²) < 4.78 is 7.24. The van der Waals surface area contributed by atoms with E-state index in [-0.39, 0.29) is 11.9 Å². The summed E-state index contributed by atoms with van der Waals surface area (Å²) in [5, 5.41) is 7.58. The van der Waals surface area contributed by atoms with Crippen molar-refractivity contribution in [1.29, 1.82) is 0 Å². The SMILES string of the molecule is CCn1cc(C(=O)N2CCNCC2c2ccccc2OC)cn1. The lowest BCUT2D eigenvalue weighted by atomic mass is 10.0. The normalized spacial score (nSPS) is 18.0. The van der Waals surface area contributed by atoms with Gasteiger partial charge in [-0.1, -0.05) is 18.2 Å². The quantitative estimate of drug-likeness (QED) is 0.933. The first-order chi connectivity index (χ1) is 11.2. The highest BCUT2D eigenvalue weighted by Gasteiger charge is 2.30. The van der Waals surface area contributed by atoms with Crippen molar-refractivity contribution in [2.45, 2.75) is 19.5 Å². The van der Waals surface area contributed by atoms with Crippen LogP contribution in [0.1, 0.15) is 28.9 Å². The number of para-hydroxylation sites is 1. The molecule has 122 valence electrons. The van der Waals surface area contributed by atoms with Gasteiger partial charge in [0.1, 0.15) is 5.75 Å². The van der Waals surface area contributed by atoms with Crippen molar-refractivity contribution in [2.75, 3.05) is 26.7 Å². The van der Waals surface area contributed by atoms with Crippen LogP contribution in [0, 0.1) is 0 Å². The lowest BCUT2D eigenvalue weighted by Gasteiger charge is -2.36. The Hall–Kier alpha value is -2.34. The summed E-state index contributed by atoms with van der Waals surface area (Å²) in [7, 11) is 1.66. The number of piperazine rings is 1. The first-order valence-electron chi connectivity index (χ1n) is 7.91. The number of benzene rings is 1. The van der Waals surface area contributed by atoms with E-state index in [9.17, 15) is 4.79 Å². The number of amides is 1. The van der Waals surface area contributed by atoms with E-state index >= 15 is 0 Å². The topological polar surface area (TPSA) is 59.4 Å². The predicted molar refractivity (Wildman–Crippen MR) is 87.5 cm³/mol. The Kier molecular flexibility index (Phi) is 4.62. The molecule has 0 spiro atoms. The number of aromatic nitrogens is 2. The number of aryl methyl sites for hydroxylation is 1. The minimum Gasteiger partial charge on any atom is -0.496 e. The second kappa shape index (κ2) is 6.83. The molecule has 1 aromatic carbocycles. The third-order valence-corrected chi connectivity index (χ3v) is 4.21. The van der Waals surface area contributed by atoms with E-state index < -0.39 is 0 Å². The van der Waals surface area contributed by atoms with Crippen LogP contribution in [0.5, 0.6) is 5.75 Å². The molecule has 0 bridgehead atoms. The Balaban J connectivity index is 1.90. The number of nitrogens with one attached hydrogen (secondary N) is 1. The molecule has 0 saturated carbocycles. The number of hydrogen-bond acceptors (Lipinski definition) is 4. The second-order valence-electron chi connectivity index (χ2n) is 5.55. The van der Waals surface area contributed by atoms with Crippen molar-refractivity contribution >= 4 is 5.91 Å². The molecule has 2 aromatic rings. The Labute approximate surface area is 136 Å². The van der Waals surface area contributed by atoms with E-state index in [4.69, 9.17) is 4.74 Å². The van der Waals surface area contributed by atoms with Gasteiger partial charge in [0.2, 0.25) is 0 Å². The predicted octanol–water partition coefficient (Wildman–Crippen LogP) is 1.70. The molecule has 6 nitrogen and oxygen atoms in total. The van der Waals surface area contributed by atoms with Crippen molar-refractivity contribution < 1.29 is 9.53 Å². The number of rotatable bonds is 4. The van der Waals surface area contributed by atoms with Gasteiger partial charge in [0.15, 0.2) is 0 Å². The highest BCUT2D eigenvalue weighted by molar-refractivity contribution is 5.94. The van der Waals surface area contributed by atoms with Crippen LogP contribution >= 0.6 is 0 Å². The fraction of sp³-hybridized carbons (Fsp3) is 0.412. The van der Waals surface area contributed by atoms with E-state index in [1.54, 1.807) is 18.0 Å². The van der Waals surface area contributed by atoms with Crippen LogP contribution in [-0.4, -0.2) is 47.3 Å². The molecule has 1 saturated heterocycles. The minimum atomic E-state index is -0.0441. The van der Waals surface area contributed by atoms with Crippen molar-refractivity contribution in [3.8, 4) is 5.75 Å². The van der Waals surface area contributed by atoms with Crippen LogP contribution in [0.3, 0.4) is 0 Å². The van der Waals surface area contributed by atoms with Gasteiger partial charge in [-0.3, -0.25) is 9.48 Å². The van der Waals surface area contributed by atoms with Crippen LogP contribution < -0.4 is 10.1 Å². The number of ether oxygens (including phenoxy) is 1. The lowest BCUT2D eigenvalue weighted by Crippen LogP contribution is -2.48. The van der Waals surface area contributed by atoms with Crippen LogP contribution in [0.2, 0.25) is 0 Å². The average Bonchev–Trinajstić information content (AvgIpc) is 3.10. The van der Waals surface area contributed by atoms with Crippen molar-refractivity contribution in [3.63, 3.8) is 0 Å². The molecule has 2 heterocycles. The average molecular weight is 314 g/mol. The molecule has 3 rings (SSSR count). The van der Waals surface area contributed by atoms with Gasteiger partial charge in [0.25, 0.3) is 5.91 Å². The monoisotopic (exact) mass is 314 g/mol. The fourth-order valence-electron chi connectivity index (χ4n) is 2.98. The summed E-state index contributed by atoms with van der Waals surface area (Å²) in [6.45, 7) is 4.93. The molecule has 23 heavy (non-hydrogen) atoms. The largest absolute Gasteiger partial charge is 0.496 e. The molecule has 1 amide bonds. The molecule has 0 radical (unpaired) electrons. The highest BCUT2D eigenvalue weighted by atomic mass is 16.5. The van der Waals surface area contributed by atoms with E-state index in [0.29, 0.717) is 18.7 Å². The fourth-order valence-corrected chi connectivity index (χ4v) is 2.98. The zero-order valence-corrected chi connectivity index (χ0v) is 13.5. The van der Waals surface area contributed by atoms with Gasteiger partial charge in [-0.25, -0.2) is 0 Å². The number of hydrogen-bond donors (Lipinski definition) is 1. The van der Waals surface area contributed by atoms with Crippen molar-refractivity contribution in [3.05, 3.63) is 47.8 Å². The summed E-state index contributed by atoms with van der Waals surface area (Å²) in [5.74, 6) is 0.824. The maximum Gasteiger partial charge on any atom is 0.257 e. The Morgan fingerprint density at radius 1 is 1.43 bits per heavy atom. The summed E-state index contributed by atoms with van der Waals surface area (Å²) >= 11 is 0. The molecule has 1 aliphatic heterocycles. The van der Waals surface area contributed by atoms with E-state index in [2.05, 4.69) is 10.4 Å². The van der Waals surface area contributed by atoms with Crippen LogP contribution in [0.15, 0.2) is 36.7 Å². The third-order valence-electron chi connectivity index (χ3n) is 4.21. The zero-order chi connectivity index (χ0) is 16.2. The van der Waals surface area contributed by atoms with Gasteiger partial charge in [0, 0.05) is 37.9 Å². The molecular formula is C17H22N4O2. The number of carbonyl (C=O) groups excluding carboxylic acids is 1. The Morgan fingerprint density at radius 3 is 3.00 bits per heavy atom. The van der Waals surface area contributed by atoms with Crippen LogP contribution in [0.4, 0.5) is 0 Å². The van der Waals surface area contributed by atoms with E-state index in [0.717, 1.165) is 24.4 Å². The number of nitrogens with zero attached hydrogens (tertiary/aromatic N) is 3. The van der Waals surface area contributed by atoms with Crippen LogP contribution in [0.25, 0.3) is 0 Å². The minimum absolute atomic E-state index is 0.0158. The smallest absolute Gasteiger partial charge is 0.257 e. The molecule has 1 aromatic heterocycles. The molecule has 1 N–H and O–H groups in total. The van der Waals surface area contributed by atoms with Crippen molar-refractivity contribution in [2.24, 2.45) is 0 Å². The molecule has 1 unspecified atom stereocenters. The van der Waals surface area contributed by atoms with Gasteiger partial charge in [-0.15, -0.1) is 0 Å². The lowest BCUT2D eigenvalue weighted by molar-refractivity contribution is 0.0631. The van der Waals surface area contributed by atoms with Gasteiger partial charge >= 0.3 is 0 Å². The molecule has 1 aliphatic rings. The molecule has 1 fully saturated rings. The Bertz CT molecular complexity index is 683. The maximum absolute atomic E-state index is 12.9. The summed E-state index contributed by atoms with van der Waals surface area (Å²) in [6.07, 6.45) is 3.46. The summed E-state index contributed by atoms with van der Waals surface area (Å²) in [5.41, 5.74) is 1.66.